The highest BCUT2D eigenvalue weighted by Gasteiger charge is 2.44. The summed E-state index contributed by atoms with van der Waals surface area (Å²) >= 11 is 7.33. The summed E-state index contributed by atoms with van der Waals surface area (Å²) in [6.07, 6.45) is 0. The highest BCUT2D eigenvalue weighted by Crippen LogP contribution is 2.42. The molecule has 0 aliphatic carbocycles. The van der Waals surface area contributed by atoms with Crippen LogP contribution in [0, 0.1) is 17.2 Å². The SMILES string of the molecule is CCOc1ccc([C@@H]2C(C#N)=C(SCC(=O)Nc3ccccc3)NC(=O)[C@@H]2C(=O)OC)cc1Cl. The number of amides is 2. The first-order valence-corrected chi connectivity index (χ1v) is 11.7. The maximum Gasteiger partial charge on any atom is 0.319 e. The molecule has 1 aliphatic rings. The molecule has 0 saturated heterocycles. The molecule has 0 saturated carbocycles. The number of carbonyl (C=O) groups excluding carboxylic acids is 3. The molecule has 176 valence electrons. The van der Waals surface area contributed by atoms with E-state index in [-0.39, 0.29) is 27.3 Å². The van der Waals surface area contributed by atoms with Gasteiger partial charge in [0.1, 0.15) is 11.7 Å². The van der Waals surface area contributed by atoms with Crippen LogP contribution < -0.4 is 15.4 Å². The normalized spacial score (nSPS) is 17.4. The number of allylic oxidation sites excluding steroid dienone is 1. The van der Waals surface area contributed by atoms with Crippen LogP contribution in [-0.2, 0) is 19.1 Å². The second-order valence-corrected chi connectivity index (χ2v) is 8.54. The van der Waals surface area contributed by atoms with Crippen LogP contribution in [0.25, 0.3) is 0 Å². The van der Waals surface area contributed by atoms with Crippen LogP contribution in [0.5, 0.6) is 5.75 Å². The fraction of sp³-hybridized carbons (Fsp3) is 0.250. The summed E-state index contributed by atoms with van der Waals surface area (Å²) in [5, 5.41) is 15.8. The lowest BCUT2D eigenvalue weighted by Gasteiger charge is -2.31. The molecule has 0 spiro atoms. The highest BCUT2D eigenvalue weighted by molar-refractivity contribution is 8.03. The van der Waals surface area contributed by atoms with Crippen molar-refractivity contribution in [2.45, 2.75) is 12.8 Å². The van der Waals surface area contributed by atoms with Crippen LogP contribution >= 0.6 is 23.4 Å². The number of para-hydroxylation sites is 1. The minimum atomic E-state index is -1.30. The molecule has 0 aromatic heterocycles. The van der Waals surface area contributed by atoms with Gasteiger partial charge in [0, 0.05) is 11.6 Å². The molecular formula is C24H22ClN3O5S. The van der Waals surface area contributed by atoms with E-state index in [4.69, 9.17) is 21.1 Å². The van der Waals surface area contributed by atoms with Gasteiger partial charge in [0.15, 0.2) is 0 Å². The Morgan fingerprint density at radius 1 is 1.24 bits per heavy atom. The average molecular weight is 500 g/mol. The van der Waals surface area contributed by atoms with Gasteiger partial charge in [0.05, 0.1) is 41.2 Å². The number of nitriles is 1. The molecule has 0 radical (unpaired) electrons. The predicted octanol–water partition coefficient (Wildman–Crippen LogP) is 3.85. The molecule has 2 N–H and O–H groups in total. The second-order valence-electron chi connectivity index (χ2n) is 7.15. The molecule has 0 unspecified atom stereocenters. The molecule has 3 rings (SSSR count). The van der Waals surface area contributed by atoms with Crippen molar-refractivity contribution >= 4 is 46.8 Å². The highest BCUT2D eigenvalue weighted by atomic mass is 35.5. The number of nitrogens with zero attached hydrogens (tertiary/aromatic N) is 1. The van der Waals surface area contributed by atoms with Gasteiger partial charge in [-0.15, -0.1) is 0 Å². The Hall–Kier alpha value is -3.48. The predicted molar refractivity (Wildman–Crippen MR) is 129 cm³/mol. The van der Waals surface area contributed by atoms with E-state index in [0.29, 0.717) is 23.6 Å². The molecule has 34 heavy (non-hydrogen) atoms. The number of hydrogen-bond donors (Lipinski definition) is 2. The maximum atomic E-state index is 12.9. The first-order valence-electron chi connectivity index (χ1n) is 10.3. The van der Waals surface area contributed by atoms with Gasteiger partial charge in [-0.2, -0.15) is 5.26 Å². The van der Waals surface area contributed by atoms with Crippen LogP contribution in [0.3, 0.4) is 0 Å². The van der Waals surface area contributed by atoms with Gasteiger partial charge >= 0.3 is 5.97 Å². The molecule has 2 atom stereocenters. The van der Waals surface area contributed by atoms with Crippen molar-refractivity contribution in [3.63, 3.8) is 0 Å². The number of halogens is 1. The van der Waals surface area contributed by atoms with Crippen molar-refractivity contribution in [3.8, 4) is 11.8 Å². The van der Waals surface area contributed by atoms with E-state index in [1.165, 1.54) is 7.11 Å². The zero-order valence-electron chi connectivity index (χ0n) is 18.5. The van der Waals surface area contributed by atoms with Crippen LogP contribution in [0.1, 0.15) is 18.4 Å². The first kappa shape index (κ1) is 25.1. The lowest BCUT2D eigenvalue weighted by molar-refractivity contribution is -0.150. The summed E-state index contributed by atoms with van der Waals surface area (Å²) < 4.78 is 10.3. The molecule has 10 heteroatoms. The van der Waals surface area contributed by atoms with Gasteiger partial charge in [0.25, 0.3) is 0 Å². The molecule has 2 amide bonds. The lowest BCUT2D eigenvalue weighted by Crippen LogP contribution is -2.44. The Kier molecular flexibility index (Phi) is 8.57. The number of carbonyl (C=O) groups is 3. The van der Waals surface area contributed by atoms with Crippen molar-refractivity contribution in [2.75, 3.05) is 24.8 Å². The van der Waals surface area contributed by atoms with Gasteiger partial charge in [-0.3, -0.25) is 14.4 Å². The van der Waals surface area contributed by atoms with E-state index in [0.717, 1.165) is 11.8 Å². The van der Waals surface area contributed by atoms with Gasteiger partial charge in [-0.1, -0.05) is 47.6 Å². The molecule has 0 fully saturated rings. The molecule has 2 aromatic rings. The molecule has 0 bridgehead atoms. The summed E-state index contributed by atoms with van der Waals surface area (Å²) in [4.78, 5) is 37.8. The zero-order chi connectivity index (χ0) is 24.7. The number of benzene rings is 2. The van der Waals surface area contributed by atoms with Crippen molar-refractivity contribution in [2.24, 2.45) is 5.92 Å². The zero-order valence-corrected chi connectivity index (χ0v) is 20.0. The molecule has 1 aliphatic heterocycles. The average Bonchev–Trinajstić information content (AvgIpc) is 2.83. The van der Waals surface area contributed by atoms with E-state index >= 15 is 0 Å². The number of anilines is 1. The number of esters is 1. The Morgan fingerprint density at radius 2 is 1.97 bits per heavy atom. The van der Waals surface area contributed by atoms with Gasteiger partial charge in [0.2, 0.25) is 11.8 Å². The van der Waals surface area contributed by atoms with Crippen LogP contribution in [0.4, 0.5) is 5.69 Å². The number of ether oxygens (including phenoxy) is 2. The van der Waals surface area contributed by atoms with E-state index in [1.807, 2.05) is 13.0 Å². The van der Waals surface area contributed by atoms with Crippen LogP contribution in [0.2, 0.25) is 5.02 Å². The molecule has 1 heterocycles. The van der Waals surface area contributed by atoms with Crippen LogP contribution in [-0.4, -0.2) is 37.3 Å². The minimum absolute atomic E-state index is 0.0602. The Bertz CT molecular complexity index is 1160. The lowest BCUT2D eigenvalue weighted by atomic mass is 9.78. The van der Waals surface area contributed by atoms with Crippen molar-refractivity contribution in [1.82, 2.24) is 5.32 Å². The van der Waals surface area contributed by atoms with E-state index in [9.17, 15) is 19.6 Å². The number of nitrogens with one attached hydrogen (secondary N) is 2. The maximum absolute atomic E-state index is 12.9. The quantitative estimate of drug-likeness (QED) is 0.418. The summed E-state index contributed by atoms with van der Waals surface area (Å²) in [7, 11) is 1.17. The molecule has 8 nitrogen and oxygen atoms in total. The number of hydrogen-bond acceptors (Lipinski definition) is 7. The van der Waals surface area contributed by atoms with E-state index in [1.54, 1.807) is 42.5 Å². The minimum Gasteiger partial charge on any atom is -0.492 e. The third-order valence-corrected chi connectivity index (χ3v) is 6.32. The number of rotatable bonds is 8. The summed E-state index contributed by atoms with van der Waals surface area (Å²) in [6, 6.07) is 15.8. The standard InChI is InChI=1S/C24H22ClN3O5S/c1-3-33-18-10-9-14(11-17(18)25)20-16(12-26)23(28-22(30)21(20)24(31)32-2)34-13-19(29)27-15-7-5-4-6-8-15/h4-11,20-21H,3,13H2,1-2H3,(H,27,29)(H,28,30)/t20-,21-/m1/s1. The molecule has 2 aromatic carbocycles. The Balaban J connectivity index is 1.94. The summed E-state index contributed by atoms with van der Waals surface area (Å²) in [5.41, 5.74) is 1.23. The third kappa shape index (κ3) is 5.71. The van der Waals surface area contributed by atoms with Crippen molar-refractivity contribution in [1.29, 1.82) is 5.26 Å². The first-order chi connectivity index (χ1) is 16.4. The molecular weight excluding hydrogens is 478 g/mol. The Labute approximate surface area is 206 Å². The number of methoxy groups -OCH3 is 1. The van der Waals surface area contributed by atoms with E-state index in [2.05, 4.69) is 16.7 Å². The summed E-state index contributed by atoms with van der Waals surface area (Å²) in [5.74, 6) is -3.59. The monoisotopic (exact) mass is 499 g/mol. The van der Waals surface area contributed by atoms with E-state index < -0.39 is 23.7 Å². The summed E-state index contributed by atoms with van der Waals surface area (Å²) in [6.45, 7) is 2.22. The number of thioether (sulfide) groups is 1. The fourth-order valence-corrected chi connectivity index (χ4v) is 4.61. The largest absolute Gasteiger partial charge is 0.492 e. The third-order valence-electron chi connectivity index (χ3n) is 5.00. The second kappa shape index (κ2) is 11.6. The topological polar surface area (TPSA) is 118 Å². The van der Waals surface area contributed by atoms with Crippen LogP contribution in [0.15, 0.2) is 59.1 Å². The van der Waals surface area contributed by atoms with Gasteiger partial charge < -0.3 is 20.1 Å². The Morgan fingerprint density at radius 3 is 2.59 bits per heavy atom. The van der Waals surface area contributed by atoms with Gasteiger partial charge in [-0.05, 0) is 36.8 Å². The smallest absolute Gasteiger partial charge is 0.319 e. The fourth-order valence-electron chi connectivity index (χ4n) is 3.52. The van der Waals surface area contributed by atoms with Crippen molar-refractivity contribution in [3.05, 3.63) is 69.7 Å². The van der Waals surface area contributed by atoms with Crippen molar-refractivity contribution < 1.29 is 23.9 Å². The van der Waals surface area contributed by atoms with Gasteiger partial charge in [-0.25, -0.2) is 0 Å².